The van der Waals surface area contributed by atoms with Gasteiger partial charge in [-0.05, 0) is 42.0 Å². The summed E-state index contributed by atoms with van der Waals surface area (Å²) in [5.41, 5.74) is 0.888. The van der Waals surface area contributed by atoms with Gasteiger partial charge in [-0.3, -0.25) is 4.68 Å². The van der Waals surface area contributed by atoms with Crippen LogP contribution in [0.3, 0.4) is 0 Å². The predicted molar refractivity (Wildman–Crippen MR) is 72.9 cm³/mol. The third-order valence-corrected chi connectivity index (χ3v) is 4.08. The predicted octanol–water partition coefficient (Wildman–Crippen LogP) is 3.40. The van der Waals surface area contributed by atoms with E-state index in [-0.39, 0.29) is 6.04 Å². The molecule has 0 aromatic carbocycles. The summed E-state index contributed by atoms with van der Waals surface area (Å²) in [7, 11) is 0. The molecule has 0 aliphatic rings. The summed E-state index contributed by atoms with van der Waals surface area (Å²) in [6.07, 6.45) is 2.45. The molecule has 0 saturated heterocycles. The molecular weight excluding hydrogens is 288 g/mol. The largest absolute Gasteiger partial charge is 0.386 e. The highest BCUT2D eigenvalue weighted by molar-refractivity contribution is 9.10. The van der Waals surface area contributed by atoms with E-state index in [2.05, 4.69) is 41.8 Å². The summed E-state index contributed by atoms with van der Waals surface area (Å²) in [6, 6.07) is 0.270. The van der Waals surface area contributed by atoms with Crippen LogP contribution in [0, 0.1) is 0 Å². The normalized spacial score (nSPS) is 13.4. The molecule has 0 amide bonds. The van der Waals surface area contributed by atoms with Gasteiger partial charge in [0.05, 0.1) is 16.4 Å². The van der Waals surface area contributed by atoms with E-state index in [1.165, 1.54) is 0 Å². The van der Waals surface area contributed by atoms with E-state index in [1.54, 1.807) is 18.0 Å². The lowest BCUT2D eigenvalue weighted by Crippen LogP contribution is -2.13. The smallest absolute Gasteiger partial charge is 0.106 e. The van der Waals surface area contributed by atoms with E-state index in [9.17, 15) is 5.11 Å². The zero-order valence-corrected chi connectivity index (χ0v) is 12.4. The number of aliphatic hydroxyl groups excluding tert-OH is 1. The maximum atomic E-state index is 10.1. The lowest BCUT2D eigenvalue weighted by Gasteiger charge is -2.16. The molecule has 5 heteroatoms. The van der Waals surface area contributed by atoms with Gasteiger partial charge in [0, 0.05) is 11.8 Å². The number of hydrogen-bond donors (Lipinski definition) is 1. The molecule has 0 spiro atoms. The second-order valence-electron chi connectivity index (χ2n) is 4.01. The van der Waals surface area contributed by atoms with Crippen molar-refractivity contribution in [3.63, 3.8) is 0 Å². The van der Waals surface area contributed by atoms with Crippen LogP contribution in [-0.4, -0.2) is 26.4 Å². The fourth-order valence-corrected chi connectivity index (χ4v) is 2.87. The minimum atomic E-state index is -0.448. The van der Waals surface area contributed by atoms with E-state index in [1.807, 2.05) is 4.68 Å². The number of thioether (sulfide) groups is 1. The van der Waals surface area contributed by atoms with Gasteiger partial charge in [-0.25, -0.2) is 0 Å². The average molecular weight is 307 g/mol. The van der Waals surface area contributed by atoms with Crippen LogP contribution >= 0.6 is 27.7 Å². The van der Waals surface area contributed by atoms with Gasteiger partial charge in [0.2, 0.25) is 0 Å². The molecule has 1 unspecified atom stereocenters. The molecule has 92 valence electrons. The Morgan fingerprint density at radius 1 is 1.56 bits per heavy atom. The van der Waals surface area contributed by atoms with Gasteiger partial charge < -0.3 is 5.11 Å². The Bertz CT molecular complexity index is 328. The number of aliphatic hydroxyl groups is 1. The standard InChI is InChI=1S/C11H19BrN2OS/c1-4-5-16-7-10(15)11-9(12)6-13-14(11)8(2)3/h6,8,10,15H,4-5,7H2,1-3H3. The van der Waals surface area contributed by atoms with Gasteiger partial charge in [0.15, 0.2) is 0 Å². The third kappa shape index (κ3) is 3.50. The summed E-state index contributed by atoms with van der Waals surface area (Å²) in [6.45, 7) is 6.28. The Labute approximate surface area is 110 Å². The van der Waals surface area contributed by atoms with Crippen LogP contribution in [0.2, 0.25) is 0 Å². The third-order valence-electron chi connectivity index (χ3n) is 2.22. The van der Waals surface area contributed by atoms with Gasteiger partial charge in [-0.1, -0.05) is 6.92 Å². The van der Waals surface area contributed by atoms with E-state index in [0.717, 1.165) is 28.1 Å². The van der Waals surface area contributed by atoms with E-state index in [4.69, 9.17) is 0 Å². The summed E-state index contributed by atoms with van der Waals surface area (Å²) in [5.74, 6) is 1.81. The molecule has 1 atom stereocenters. The second-order valence-corrected chi connectivity index (χ2v) is 6.01. The Balaban J connectivity index is 2.73. The molecule has 1 heterocycles. The topological polar surface area (TPSA) is 38.1 Å². The van der Waals surface area contributed by atoms with Crippen LogP contribution in [-0.2, 0) is 0 Å². The highest BCUT2D eigenvalue weighted by Crippen LogP contribution is 2.28. The van der Waals surface area contributed by atoms with Crippen LogP contribution in [0.15, 0.2) is 10.7 Å². The Kier molecular flexibility index (Phi) is 5.86. The highest BCUT2D eigenvalue weighted by atomic mass is 79.9. The molecule has 0 radical (unpaired) electrons. The lowest BCUT2D eigenvalue weighted by atomic mass is 10.2. The molecule has 0 saturated carbocycles. The van der Waals surface area contributed by atoms with Crippen LogP contribution in [0.1, 0.15) is 45.0 Å². The van der Waals surface area contributed by atoms with Crippen LogP contribution in [0.4, 0.5) is 0 Å². The molecular formula is C11H19BrN2OS. The zero-order valence-electron chi connectivity index (χ0n) is 9.98. The number of hydrogen-bond acceptors (Lipinski definition) is 3. The molecule has 1 N–H and O–H groups in total. The molecule has 1 rings (SSSR count). The first-order valence-electron chi connectivity index (χ1n) is 5.56. The van der Waals surface area contributed by atoms with Gasteiger partial charge in [-0.15, -0.1) is 0 Å². The van der Waals surface area contributed by atoms with Crippen LogP contribution in [0.5, 0.6) is 0 Å². The SMILES string of the molecule is CCCSCC(O)c1c(Br)cnn1C(C)C. The quantitative estimate of drug-likeness (QED) is 0.819. The Hall–Kier alpha value is 0. The minimum absolute atomic E-state index is 0.270. The van der Waals surface area contributed by atoms with Gasteiger partial charge in [-0.2, -0.15) is 16.9 Å². The van der Waals surface area contributed by atoms with Crippen molar-refractivity contribution in [1.82, 2.24) is 9.78 Å². The van der Waals surface area contributed by atoms with Crippen molar-refractivity contribution in [3.8, 4) is 0 Å². The summed E-state index contributed by atoms with van der Waals surface area (Å²) in [5, 5.41) is 14.4. The van der Waals surface area contributed by atoms with E-state index >= 15 is 0 Å². The van der Waals surface area contributed by atoms with E-state index < -0.39 is 6.10 Å². The summed E-state index contributed by atoms with van der Waals surface area (Å²) >= 11 is 5.22. The van der Waals surface area contributed by atoms with Crippen LogP contribution < -0.4 is 0 Å². The first-order valence-corrected chi connectivity index (χ1v) is 7.51. The monoisotopic (exact) mass is 306 g/mol. The molecule has 1 aromatic rings. The van der Waals surface area contributed by atoms with Crippen molar-refractivity contribution in [2.24, 2.45) is 0 Å². The number of halogens is 1. The van der Waals surface area contributed by atoms with Crippen molar-refractivity contribution in [2.75, 3.05) is 11.5 Å². The van der Waals surface area contributed by atoms with Crippen LogP contribution in [0.25, 0.3) is 0 Å². The molecule has 1 aromatic heterocycles. The van der Waals surface area contributed by atoms with Crippen molar-refractivity contribution in [1.29, 1.82) is 0 Å². The number of rotatable bonds is 6. The average Bonchev–Trinajstić information content (AvgIpc) is 2.60. The first-order chi connectivity index (χ1) is 7.57. The van der Waals surface area contributed by atoms with Gasteiger partial charge in [0.25, 0.3) is 0 Å². The first kappa shape index (κ1) is 14.1. The summed E-state index contributed by atoms with van der Waals surface area (Å²) < 4.78 is 2.77. The molecule has 0 fully saturated rings. The van der Waals surface area contributed by atoms with Gasteiger partial charge in [0.1, 0.15) is 6.10 Å². The fraction of sp³-hybridized carbons (Fsp3) is 0.727. The number of aromatic nitrogens is 2. The fourth-order valence-electron chi connectivity index (χ4n) is 1.49. The van der Waals surface area contributed by atoms with Crippen molar-refractivity contribution < 1.29 is 5.11 Å². The number of nitrogens with zero attached hydrogens (tertiary/aromatic N) is 2. The maximum Gasteiger partial charge on any atom is 0.106 e. The lowest BCUT2D eigenvalue weighted by molar-refractivity contribution is 0.188. The Morgan fingerprint density at radius 3 is 2.81 bits per heavy atom. The van der Waals surface area contributed by atoms with Crippen molar-refractivity contribution in [2.45, 2.75) is 39.3 Å². The highest BCUT2D eigenvalue weighted by Gasteiger charge is 2.19. The van der Waals surface area contributed by atoms with E-state index in [0.29, 0.717) is 0 Å². The van der Waals surface area contributed by atoms with Gasteiger partial charge >= 0.3 is 0 Å². The minimum Gasteiger partial charge on any atom is -0.386 e. The molecule has 0 aliphatic heterocycles. The maximum absolute atomic E-state index is 10.1. The zero-order chi connectivity index (χ0) is 12.1. The molecule has 16 heavy (non-hydrogen) atoms. The molecule has 0 aliphatic carbocycles. The summed E-state index contributed by atoms with van der Waals surface area (Å²) in [4.78, 5) is 0. The second kappa shape index (κ2) is 6.67. The van der Waals surface area contributed by atoms with Crippen molar-refractivity contribution in [3.05, 3.63) is 16.4 Å². The Morgan fingerprint density at radius 2 is 2.25 bits per heavy atom. The molecule has 3 nitrogen and oxygen atoms in total. The molecule has 0 bridgehead atoms. The van der Waals surface area contributed by atoms with Crippen molar-refractivity contribution >= 4 is 27.7 Å².